The summed E-state index contributed by atoms with van der Waals surface area (Å²) < 4.78 is 0. The van der Waals surface area contributed by atoms with Crippen LogP contribution in [0.25, 0.3) is 120 Å². The van der Waals surface area contributed by atoms with Crippen LogP contribution >= 0.6 is 0 Å². The highest BCUT2D eigenvalue weighted by Gasteiger charge is 2.25. The third-order valence-corrected chi connectivity index (χ3v) is 12.4. The van der Waals surface area contributed by atoms with Crippen LogP contribution in [0.15, 0.2) is 218 Å². The Balaban J connectivity index is 1.28. The van der Waals surface area contributed by atoms with E-state index in [0.29, 0.717) is 0 Å². The van der Waals surface area contributed by atoms with Crippen molar-refractivity contribution in [3.8, 4) is 55.6 Å². The van der Waals surface area contributed by atoms with Crippen molar-refractivity contribution in [3.05, 3.63) is 218 Å². The smallest absolute Gasteiger partial charge is 0.000740 e. The highest BCUT2D eigenvalue weighted by molar-refractivity contribution is 6.45. The quantitative estimate of drug-likeness (QED) is 0.122. The second-order valence-corrected chi connectivity index (χ2v) is 15.5. The lowest BCUT2D eigenvalue weighted by molar-refractivity contribution is 1.58. The molecule has 0 saturated carbocycles. The van der Waals surface area contributed by atoms with Crippen molar-refractivity contribution < 1.29 is 0 Å². The summed E-state index contributed by atoms with van der Waals surface area (Å²) in [4.78, 5) is 0. The van der Waals surface area contributed by atoms with E-state index >= 15 is 0 Å². The Labute approximate surface area is 337 Å². The second kappa shape index (κ2) is 13.0. The molecule has 12 rings (SSSR count). The molecule has 0 nitrogen and oxygen atoms in total. The van der Waals surface area contributed by atoms with Crippen molar-refractivity contribution in [1.82, 2.24) is 0 Å². The molecule has 0 bridgehead atoms. The molecule has 58 heavy (non-hydrogen) atoms. The Kier molecular flexibility index (Phi) is 7.33. The summed E-state index contributed by atoms with van der Waals surface area (Å²) in [5.41, 5.74) is 12.4. The minimum absolute atomic E-state index is 1.21. The molecule has 0 atom stereocenters. The minimum Gasteiger partial charge on any atom is -0.0622 e. The van der Waals surface area contributed by atoms with E-state index in [0.717, 1.165) is 0 Å². The summed E-state index contributed by atoms with van der Waals surface area (Å²) in [6, 6.07) is 80.7. The molecular formula is C58H36. The molecule has 0 radical (unpaired) electrons. The Hall–Kier alpha value is -7.54. The van der Waals surface area contributed by atoms with Gasteiger partial charge in [0, 0.05) is 0 Å². The molecule has 0 fully saturated rings. The summed E-state index contributed by atoms with van der Waals surface area (Å²) in [5.74, 6) is 0. The first-order chi connectivity index (χ1) is 28.8. The van der Waals surface area contributed by atoms with E-state index in [9.17, 15) is 0 Å². The van der Waals surface area contributed by atoms with Gasteiger partial charge in [0.1, 0.15) is 0 Å². The van der Waals surface area contributed by atoms with Gasteiger partial charge in [-0.1, -0.05) is 212 Å². The van der Waals surface area contributed by atoms with Crippen molar-refractivity contribution >= 4 is 64.6 Å². The fraction of sp³-hybridized carbons (Fsp3) is 0. The molecule has 268 valence electrons. The van der Waals surface area contributed by atoms with Crippen molar-refractivity contribution in [2.75, 3.05) is 0 Å². The number of fused-ring (bicyclic) bond motifs is 6. The molecule has 0 saturated heterocycles. The van der Waals surface area contributed by atoms with Crippen molar-refractivity contribution in [2.24, 2.45) is 0 Å². The third-order valence-electron chi connectivity index (χ3n) is 12.4. The van der Waals surface area contributed by atoms with Crippen LogP contribution in [-0.2, 0) is 0 Å². The van der Waals surface area contributed by atoms with Gasteiger partial charge in [0.2, 0.25) is 0 Å². The van der Waals surface area contributed by atoms with Crippen LogP contribution in [0, 0.1) is 0 Å². The molecule has 0 aliphatic heterocycles. The highest BCUT2D eigenvalue weighted by Crippen LogP contribution is 2.53. The van der Waals surface area contributed by atoms with Gasteiger partial charge in [-0.3, -0.25) is 0 Å². The van der Waals surface area contributed by atoms with Crippen LogP contribution in [0.4, 0.5) is 0 Å². The SMILES string of the molecule is c1ccc(-c2ccc(-c3ccccc3)c(-c3c4ccccc4c4c5c3cccc5c3cccc5c(-c6ccccc6-c6ccccc6)c6ccccc6c4c53)c2)cc1. The monoisotopic (exact) mass is 732 g/mol. The molecule has 0 amide bonds. The Morgan fingerprint density at radius 1 is 0.172 bits per heavy atom. The molecule has 0 spiro atoms. The van der Waals surface area contributed by atoms with Gasteiger partial charge in [-0.15, -0.1) is 0 Å². The summed E-state index contributed by atoms with van der Waals surface area (Å²) in [5, 5.41) is 15.5. The lowest BCUT2D eigenvalue weighted by Gasteiger charge is -2.24. The topological polar surface area (TPSA) is 0 Å². The fourth-order valence-electron chi connectivity index (χ4n) is 10.0. The average Bonchev–Trinajstić information content (AvgIpc) is 3.30. The van der Waals surface area contributed by atoms with Gasteiger partial charge in [-0.2, -0.15) is 0 Å². The van der Waals surface area contributed by atoms with E-state index < -0.39 is 0 Å². The second-order valence-electron chi connectivity index (χ2n) is 15.5. The first kappa shape index (κ1) is 32.7. The molecule has 12 aromatic rings. The lowest BCUT2D eigenvalue weighted by Crippen LogP contribution is -1.96. The highest BCUT2D eigenvalue weighted by atomic mass is 14.3. The summed E-state index contributed by atoms with van der Waals surface area (Å²) >= 11 is 0. The van der Waals surface area contributed by atoms with Crippen LogP contribution < -0.4 is 0 Å². The lowest BCUT2D eigenvalue weighted by atomic mass is 9.79. The number of hydrogen-bond acceptors (Lipinski definition) is 0. The molecule has 0 heteroatoms. The maximum Gasteiger partial charge on any atom is -0.000740 e. The van der Waals surface area contributed by atoms with Gasteiger partial charge in [0.05, 0.1) is 0 Å². The normalized spacial score (nSPS) is 11.8. The average molecular weight is 733 g/mol. The summed E-state index contributed by atoms with van der Waals surface area (Å²) in [6.45, 7) is 0. The fourth-order valence-corrected chi connectivity index (χ4v) is 10.0. The predicted molar refractivity (Wildman–Crippen MR) is 250 cm³/mol. The molecule has 0 unspecified atom stereocenters. The maximum atomic E-state index is 2.43. The van der Waals surface area contributed by atoms with Gasteiger partial charge < -0.3 is 0 Å². The number of hydrogen-bond donors (Lipinski definition) is 0. The molecule has 0 aliphatic carbocycles. The molecule has 0 aromatic heterocycles. The van der Waals surface area contributed by atoms with Crippen LogP contribution in [0.2, 0.25) is 0 Å². The zero-order chi connectivity index (χ0) is 38.2. The zero-order valence-electron chi connectivity index (χ0n) is 31.8. The summed E-state index contributed by atoms with van der Waals surface area (Å²) in [7, 11) is 0. The van der Waals surface area contributed by atoms with Crippen LogP contribution in [-0.4, -0.2) is 0 Å². The van der Waals surface area contributed by atoms with E-state index in [1.807, 2.05) is 0 Å². The molecule has 0 aliphatic rings. The first-order valence-corrected chi connectivity index (χ1v) is 20.2. The van der Waals surface area contributed by atoms with E-state index in [2.05, 4.69) is 218 Å². The van der Waals surface area contributed by atoms with Crippen LogP contribution in [0.5, 0.6) is 0 Å². The number of benzene rings is 12. The van der Waals surface area contributed by atoms with Gasteiger partial charge in [0.25, 0.3) is 0 Å². The third kappa shape index (κ3) is 4.82. The largest absolute Gasteiger partial charge is 0.0622 e. The van der Waals surface area contributed by atoms with Crippen molar-refractivity contribution in [1.29, 1.82) is 0 Å². The van der Waals surface area contributed by atoms with Gasteiger partial charge in [0.15, 0.2) is 0 Å². The predicted octanol–water partition coefficient (Wildman–Crippen LogP) is 16.4. The molecular weight excluding hydrogens is 697 g/mol. The number of rotatable bonds is 5. The first-order valence-electron chi connectivity index (χ1n) is 20.2. The van der Waals surface area contributed by atoms with Crippen LogP contribution in [0.3, 0.4) is 0 Å². The Bertz CT molecular complexity index is 3530. The van der Waals surface area contributed by atoms with Crippen molar-refractivity contribution in [2.45, 2.75) is 0 Å². The van der Waals surface area contributed by atoms with E-state index in [1.54, 1.807) is 0 Å². The molecule has 0 N–H and O–H groups in total. The molecule has 0 heterocycles. The van der Waals surface area contributed by atoms with E-state index in [1.165, 1.54) is 120 Å². The Morgan fingerprint density at radius 3 is 1.07 bits per heavy atom. The summed E-state index contributed by atoms with van der Waals surface area (Å²) in [6.07, 6.45) is 0. The van der Waals surface area contributed by atoms with Gasteiger partial charge >= 0.3 is 0 Å². The standard InChI is InChI=1S/C58H36/c1-4-18-37(19-5-1)40-34-35-42(39-22-8-3-9-23-39)52(36-40)54-45-27-13-15-29-49(45)58-56-47(31-17-33-51(54)56)46-30-16-32-50-53(44-26-12-14-28-48(44)57(58)55(46)50)43-25-11-10-24-41(43)38-20-6-2-7-21-38/h1-36H. The van der Waals surface area contributed by atoms with Crippen LogP contribution in [0.1, 0.15) is 0 Å². The Morgan fingerprint density at radius 2 is 0.534 bits per heavy atom. The molecule has 12 aromatic carbocycles. The van der Waals surface area contributed by atoms with Crippen molar-refractivity contribution in [3.63, 3.8) is 0 Å². The van der Waals surface area contributed by atoms with E-state index in [4.69, 9.17) is 0 Å². The van der Waals surface area contributed by atoms with Gasteiger partial charge in [-0.05, 0) is 126 Å². The maximum absolute atomic E-state index is 2.43. The minimum atomic E-state index is 1.21. The van der Waals surface area contributed by atoms with Gasteiger partial charge in [-0.25, -0.2) is 0 Å². The van der Waals surface area contributed by atoms with E-state index in [-0.39, 0.29) is 0 Å². The zero-order valence-corrected chi connectivity index (χ0v) is 31.8.